The third kappa shape index (κ3) is 7.42. The molecule has 0 fully saturated rings. The first-order chi connectivity index (χ1) is 5.31. The standard InChI is InChI=1S/C10H19N/c1-3-5-6-7-8-9-10(11)4-2/h10H,4,6-9,11H2,1-2H3. The summed E-state index contributed by atoms with van der Waals surface area (Å²) in [6, 6.07) is 0.407. The largest absolute Gasteiger partial charge is 0.328 e. The van der Waals surface area contributed by atoms with Gasteiger partial charge < -0.3 is 5.73 Å². The molecule has 0 radical (unpaired) electrons. The Bertz CT molecular complexity index is 130. The molecular weight excluding hydrogens is 134 g/mol. The second-order valence-corrected chi connectivity index (χ2v) is 2.84. The second kappa shape index (κ2) is 7.63. The zero-order valence-corrected chi connectivity index (χ0v) is 7.69. The van der Waals surface area contributed by atoms with E-state index in [1.54, 1.807) is 0 Å². The first kappa shape index (κ1) is 10.5. The summed E-state index contributed by atoms with van der Waals surface area (Å²) in [6.45, 7) is 4.02. The van der Waals surface area contributed by atoms with E-state index < -0.39 is 0 Å². The fourth-order valence-electron chi connectivity index (χ4n) is 0.949. The summed E-state index contributed by atoms with van der Waals surface area (Å²) in [5, 5.41) is 0. The van der Waals surface area contributed by atoms with Crippen LogP contribution in [0.5, 0.6) is 0 Å². The molecule has 0 aromatic carbocycles. The lowest BCUT2D eigenvalue weighted by Crippen LogP contribution is -2.17. The minimum absolute atomic E-state index is 0.407. The van der Waals surface area contributed by atoms with Gasteiger partial charge in [-0.1, -0.05) is 13.3 Å². The smallest absolute Gasteiger partial charge is 0.00885 e. The number of hydrogen-bond acceptors (Lipinski definition) is 1. The van der Waals surface area contributed by atoms with Crippen molar-refractivity contribution in [3.63, 3.8) is 0 Å². The molecule has 1 nitrogen and oxygen atoms in total. The normalized spacial score (nSPS) is 11.9. The van der Waals surface area contributed by atoms with Crippen molar-refractivity contribution in [1.29, 1.82) is 0 Å². The van der Waals surface area contributed by atoms with Crippen molar-refractivity contribution in [2.24, 2.45) is 5.73 Å². The summed E-state index contributed by atoms with van der Waals surface area (Å²) in [7, 11) is 0. The lowest BCUT2D eigenvalue weighted by atomic mass is 10.1. The van der Waals surface area contributed by atoms with Gasteiger partial charge in [-0.3, -0.25) is 0 Å². The molecule has 0 aromatic heterocycles. The minimum atomic E-state index is 0.407. The molecule has 0 saturated heterocycles. The van der Waals surface area contributed by atoms with E-state index in [-0.39, 0.29) is 0 Å². The highest BCUT2D eigenvalue weighted by atomic mass is 14.6. The van der Waals surface area contributed by atoms with Crippen LogP contribution in [0.3, 0.4) is 0 Å². The van der Waals surface area contributed by atoms with E-state index in [0.717, 1.165) is 19.3 Å². The first-order valence-electron chi connectivity index (χ1n) is 4.46. The molecule has 1 unspecified atom stereocenters. The maximum atomic E-state index is 5.75. The molecule has 0 amide bonds. The Hall–Kier alpha value is -0.480. The van der Waals surface area contributed by atoms with Crippen LogP contribution in [0.15, 0.2) is 0 Å². The summed E-state index contributed by atoms with van der Waals surface area (Å²) >= 11 is 0. The summed E-state index contributed by atoms with van der Waals surface area (Å²) in [5.41, 5.74) is 5.75. The zero-order valence-electron chi connectivity index (χ0n) is 7.69. The minimum Gasteiger partial charge on any atom is -0.328 e. The van der Waals surface area contributed by atoms with Gasteiger partial charge in [0, 0.05) is 12.5 Å². The van der Waals surface area contributed by atoms with E-state index in [1.165, 1.54) is 12.8 Å². The molecule has 0 bridgehead atoms. The Morgan fingerprint density at radius 3 is 2.64 bits per heavy atom. The maximum absolute atomic E-state index is 5.75. The average Bonchev–Trinajstić information content (AvgIpc) is 2.04. The van der Waals surface area contributed by atoms with Crippen LogP contribution in [0.4, 0.5) is 0 Å². The highest BCUT2D eigenvalue weighted by Crippen LogP contribution is 2.03. The third-order valence-corrected chi connectivity index (χ3v) is 1.83. The molecule has 0 aliphatic heterocycles. The van der Waals surface area contributed by atoms with E-state index in [9.17, 15) is 0 Å². The van der Waals surface area contributed by atoms with Crippen LogP contribution < -0.4 is 5.73 Å². The summed E-state index contributed by atoms with van der Waals surface area (Å²) in [5.74, 6) is 5.94. The highest BCUT2D eigenvalue weighted by Gasteiger charge is 1.96. The second-order valence-electron chi connectivity index (χ2n) is 2.84. The van der Waals surface area contributed by atoms with Crippen LogP contribution in [-0.2, 0) is 0 Å². The SMILES string of the molecule is CC#CCCCCC(N)CC. The Morgan fingerprint density at radius 2 is 2.09 bits per heavy atom. The maximum Gasteiger partial charge on any atom is 0.00885 e. The molecule has 0 saturated carbocycles. The fourth-order valence-corrected chi connectivity index (χ4v) is 0.949. The van der Waals surface area contributed by atoms with Crippen LogP contribution >= 0.6 is 0 Å². The van der Waals surface area contributed by atoms with Gasteiger partial charge in [0.2, 0.25) is 0 Å². The molecule has 0 heterocycles. The summed E-state index contributed by atoms with van der Waals surface area (Å²) < 4.78 is 0. The molecule has 0 aliphatic carbocycles. The quantitative estimate of drug-likeness (QED) is 0.476. The molecule has 0 rings (SSSR count). The predicted molar refractivity (Wildman–Crippen MR) is 50.2 cm³/mol. The lowest BCUT2D eigenvalue weighted by molar-refractivity contribution is 0.555. The van der Waals surface area contributed by atoms with Gasteiger partial charge >= 0.3 is 0 Å². The van der Waals surface area contributed by atoms with Crippen LogP contribution in [0.1, 0.15) is 46.0 Å². The monoisotopic (exact) mass is 153 g/mol. The van der Waals surface area contributed by atoms with Gasteiger partial charge in [0.15, 0.2) is 0 Å². The summed E-state index contributed by atoms with van der Waals surface area (Å²) in [4.78, 5) is 0. The van der Waals surface area contributed by atoms with Crippen molar-refractivity contribution >= 4 is 0 Å². The molecule has 64 valence electrons. The van der Waals surface area contributed by atoms with Crippen LogP contribution in [-0.4, -0.2) is 6.04 Å². The van der Waals surface area contributed by atoms with Crippen LogP contribution in [0.2, 0.25) is 0 Å². The predicted octanol–water partition coefficient (Wildman–Crippen LogP) is 2.31. The Balaban J connectivity index is 3.05. The van der Waals surface area contributed by atoms with Crippen molar-refractivity contribution in [3.8, 4) is 11.8 Å². The van der Waals surface area contributed by atoms with Gasteiger partial charge in [-0.25, -0.2) is 0 Å². The molecular formula is C10H19N. The zero-order chi connectivity index (χ0) is 8.53. The van der Waals surface area contributed by atoms with Crippen molar-refractivity contribution in [2.75, 3.05) is 0 Å². The molecule has 0 aliphatic rings. The van der Waals surface area contributed by atoms with E-state index >= 15 is 0 Å². The highest BCUT2D eigenvalue weighted by molar-refractivity contribution is 4.94. The summed E-state index contributed by atoms with van der Waals surface area (Å²) in [6.07, 6.45) is 5.71. The topological polar surface area (TPSA) is 26.0 Å². The Morgan fingerprint density at radius 1 is 1.36 bits per heavy atom. The van der Waals surface area contributed by atoms with Crippen molar-refractivity contribution in [3.05, 3.63) is 0 Å². The number of hydrogen-bond donors (Lipinski definition) is 1. The van der Waals surface area contributed by atoms with Crippen LogP contribution in [0.25, 0.3) is 0 Å². The third-order valence-electron chi connectivity index (χ3n) is 1.83. The number of rotatable bonds is 5. The molecule has 0 spiro atoms. The van der Waals surface area contributed by atoms with Gasteiger partial charge in [0.05, 0.1) is 0 Å². The van der Waals surface area contributed by atoms with Gasteiger partial charge in [-0.05, 0) is 26.2 Å². The van der Waals surface area contributed by atoms with Crippen molar-refractivity contribution < 1.29 is 0 Å². The Kier molecular flexibility index (Phi) is 7.29. The van der Waals surface area contributed by atoms with Gasteiger partial charge in [0.25, 0.3) is 0 Å². The van der Waals surface area contributed by atoms with Gasteiger partial charge in [0.1, 0.15) is 0 Å². The van der Waals surface area contributed by atoms with Gasteiger partial charge in [-0.15, -0.1) is 11.8 Å². The van der Waals surface area contributed by atoms with E-state index in [2.05, 4.69) is 18.8 Å². The molecule has 1 heteroatoms. The molecule has 0 aromatic rings. The fraction of sp³-hybridized carbons (Fsp3) is 0.800. The van der Waals surface area contributed by atoms with Gasteiger partial charge in [-0.2, -0.15) is 0 Å². The van der Waals surface area contributed by atoms with Crippen molar-refractivity contribution in [2.45, 2.75) is 52.0 Å². The molecule has 2 N–H and O–H groups in total. The van der Waals surface area contributed by atoms with E-state index in [1.807, 2.05) is 6.92 Å². The number of nitrogens with two attached hydrogens (primary N) is 1. The van der Waals surface area contributed by atoms with E-state index in [4.69, 9.17) is 5.73 Å². The first-order valence-corrected chi connectivity index (χ1v) is 4.46. The van der Waals surface area contributed by atoms with Crippen LogP contribution in [0, 0.1) is 11.8 Å². The molecule has 1 atom stereocenters. The van der Waals surface area contributed by atoms with Crippen molar-refractivity contribution in [1.82, 2.24) is 0 Å². The Labute approximate surface area is 70.4 Å². The lowest BCUT2D eigenvalue weighted by Gasteiger charge is -2.05. The molecule has 11 heavy (non-hydrogen) atoms. The number of unbranched alkanes of at least 4 members (excludes halogenated alkanes) is 2. The average molecular weight is 153 g/mol. The van der Waals surface area contributed by atoms with E-state index in [0.29, 0.717) is 6.04 Å².